The number of rotatable bonds is 4. The summed E-state index contributed by atoms with van der Waals surface area (Å²) in [6.45, 7) is 2.48. The first kappa shape index (κ1) is 21.3. The highest BCUT2D eigenvalue weighted by molar-refractivity contribution is 5.93. The highest BCUT2D eigenvalue weighted by Gasteiger charge is 2.31. The smallest absolute Gasteiger partial charge is 0.263 e. The number of nitrogens with zero attached hydrogens (tertiary/aromatic N) is 2. The van der Waals surface area contributed by atoms with Crippen LogP contribution in [0, 0.1) is 11.7 Å². The van der Waals surface area contributed by atoms with Crippen LogP contribution in [0.5, 0.6) is 0 Å². The van der Waals surface area contributed by atoms with Crippen LogP contribution in [-0.4, -0.2) is 28.7 Å². The van der Waals surface area contributed by atoms with E-state index in [0.29, 0.717) is 35.4 Å². The molecule has 0 saturated carbocycles. The number of hydrogen-bond acceptors (Lipinski definition) is 5. The Morgan fingerprint density at radius 2 is 2.13 bits per heavy atom. The Morgan fingerprint density at radius 3 is 2.97 bits per heavy atom. The molecule has 1 fully saturated rings. The van der Waals surface area contributed by atoms with E-state index >= 15 is 0 Å². The van der Waals surface area contributed by atoms with Crippen LogP contribution < -0.4 is 16.2 Å². The Balaban J connectivity index is 0.00000231. The Labute approximate surface area is 184 Å². The van der Waals surface area contributed by atoms with Crippen molar-refractivity contribution in [2.24, 2.45) is 5.92 Å². The third-order valence-corrected chi connectivity index (χ3v) is 5.86. The van der Waals surface area contributed by atoms with Crippen LogP contribution in [0.4, 0.5) is 4.39 Å². The van der Waals surface area contributed by atoms with Crippen LogP contribution in [0.3, 0.4) is 0 Å². The van der Waals surface area contributed by atoms with E-state index in [9.17, 15) is 14.0 Å². The van der Waals surface area contributed by atoms with Gasteiger partial charge in [0.2, 0.25) is 0 Å². The summed E-state index contributed by atoms with van der Waals surface area (Å²) in [7, 11) is 0. The van der Waals surface area contributed by atoms with E-state index < -0.39 is 5.91 Å². The molecule has 0 aliphatic carbocycles. The second-order valence-electron chi connectivity index (χ2n) is 7.92. The average molecular weight is 445 g/mol. The van der Waals surface area contributed by atoms with E-state index in [-0.39, 0.29) is 35.9 Å². The lowest BCUT2D eigenvalue weighted by atomic mass is 9.84. The van der Waals surface area contributed by atoms with Crippen molar-refractivity contribution in [3.05, 3.63) is 75.7 Å². The molecule has 162 valence electrons. The van der Waals surface area contributed by atoms with E-state index in [1.54, 1.807) is 28.8 Å². The molecule has 0 radical (unpaired) electrons. The average Bonchev–Trinajstić information content (AvgIpc) is 3.22. The Kier molecular flexibility index (Phi) is 5.93. The van der Waals surface area contributed by atoms with Crippen LogP contribution in [-0.2, 0) is 13.1 Å². The van der Waals surface area contributed by atoms with Gasteiger partial charge in [0.25, 0.3) is 11.5 Å². The summed E-state index contributed by atoms with van der Waals surface area (Å²) in [4.78, 5) is 25.6. The first-order valence-corrected chi connectivity index (χ1v) is 10.0. The second kappa shape index (κ2) is 8.64. The molecule has 1 amide bonds. The summed E-state index contributed by atoms with van der Waals surface area (Å²) in [6.07, 6.45) is 1.08. The maximum atomic E-state index is 13.4. The molecule has 2 aliphatic heterocycles. The van der Waals surface area contributed by atoms with Gasteiger partial charge in [-0.3, -0.25) is 9.59 Å². The van der Waals surface area contributed by atoms with Gasteiger partial charge in [-0.25, -0.2) is 4.39 Å². The number of amides is 1. The number of aromatic nitrogens is 2. The zero-order valence-electron chi connectivity index (χ0n) is 16.6. The highest BCUT2D eigenvalue weighted by atomic mass is 35.5. The Hall–Kier alpha value is -2.97. The molecular weight excluding hydrogens is 423 g/mol. The van der Waals surface area contributed by atoms with Crippen molar-refractivity contribution >= 4 is 18.3 Å². The summed E-state index contributed by atoms with van der Waals surface area (Å²) in [5.74, 6) is 0.341. The lowest BCUT2D eigenvalue weighted by Crippen LogP contribution is -2.46. The molecule has 0 spiro atoms. The summed E-state index contributed by atoms with van der Waals surface area (Å²) in [6, 6.07) is 11.2. The van der Waals surface area contributed by atoms with Crippen LogP contribution >= 0.6 is 12.4 Å². The monoisotopic (exact) mass is 444 g/mol. The van der Waals surface area contributed by atoms with Crippen molar-refractivity contribution in [1.29, 1.82) is 0 Å². The van der Waals surface area contributed by atoms with Crippen molar-refractivity contribution in [3.8, 4) is 11.3 Å². The minimum atomic E-state index is -0.451. The quantitative estimate of drug-likeness (QED) is 0.646. The molecular formula is C22H22ClFN4O3. The van der Waals surface area contributed by atoms with Crippen molar-refractivity contribution < 1.29 is 13.7 Å². The zero-order chi connectivity index (χ0) is 20.7. The van der Waals surface area contributed by atoms with Crippen molar-refractivity contribution in [2.75, 3.05) is 13.1 Å². The van der Waals surface area contributed by atoms with Gasteiger partial charge in [0, 0.05) is 36.3 Å². The number of piperidine rings is 1. The molecule has 0 unspecified atom stereocenters. The molecule has 2 aromatic heterocycles. The fourth-order valence-corrected chi connectivity index (χ4v) is 4.41. The topological polar surface area (TPSA) is 89.2 Å². The molecule has 2 bridgehead atoms. The SMILES string of the molecule is Cl.O=C(NCc1cc(-c2cccc(F)c2)no1)c1ccc2n(c1=O)C[C@@H]1CNC[C@H]2C1. The molecule has 1 aromatic carbocycles. The summed E-state index contributed by atoms with van der Waals surface area (Å²) in [5, 5.41) is 10.0. The lowest BCUT2D eigenvalue weighted by Gasteiger charge is -2.37. The number of nitrogens with one attached hydrogen (secondary N) is 2. The molecule has 1 saturated heterocycles. The molecule has 31 heavy (non-hydrogen) atoms. The minimum Gasteiger partial charge on any atom is -0.359 e. The van der Waals surface area contributed by atoms with Crippen LogP contribution in [0.25, 0.3) is 11.3 Å². The van der Waals surface area contributed by atoms with E-state index in [0.717, 1.165) is 25.2 Å². The third-order valence-electron chi connectivity index (χ3n) is 5.86. The number of benzene rings is 1. The molecule has 2 N–H and O–H groups in total. The number of hydrogen-bond donors (Lipinski definition) is 2. The van der Waals surface area contributed by atoms with E-state index in [4.69, 9.17) is 4.52 Å². The van der Waals surface area contributed by atoms with Crippen LogP contribution in [0.15, 0.2) is 51.8 Å². The normalized spacial score (nSPS) is 19.3. The Morgan fingerprint density at radius 1 is 1.26 bits per heavy atom. The number of halogens is 2. The van der Waals surface area contributed by atoms with Crippen LogP contribution in [0.2, 0.25) is 0 Å². The molecule has 4 heterocycles. The van der Waals surface area contributed by atoms with Crippen molar-refractivity contribution in [3.63, 3.8) is 0 Å². The van der Waals surface area contributed by atoms with E-state index in [1.807, 2.05) is 6.07 Å². The van der Waals surface area contributed by atoms with Crippen LogP contribution in [0.1, 0.15) is 34.2 Å². The number of carbonyl (C=O) groups excluding carboxylic acids is 1. The molecule has 3 aromatic rings. The van der Waals surface area contributed by atoms with Crippen molar-refractivity contribution in [1.82, 2.24) is 20.4 Å². The van der Waals surface area contributed by atoms with E-state index in [2.05, 4.69) is 15.8 Å². The van der Waals surface area contributed by atoms with Gasteiger partial charge < -0.3 is 19.7 Å². The zero-order valence-corrected chi connectivity index (χ0v) is 17.5. The minimum absolute atomic E-state index is 0. The lowest BCUT2D eigenvalue weighted by molar-refractivity contribution is 0.0944. The fraction of sp³-hybridized carbons (Fsp3) is 0.318. The van der Waals surface area contributed by atoms with Gasteiger partial charge >= 0.3 is 0 Å². The fourth-order valence-electron chi connectivity index (χ4n) is 4.41. The number of pyridine rings is 1. The van der Waals surface area contributed by atoms with Gasteiger partial charge in [0.05, 0.1) is 6.54 Å². The number of carbonyl (C=O) groups is 1. The number of fused-ring (bicyclic) bond motifs is 4. The predicted octanol–water partition coefficient (Wildman–Crippen LogP) is 2.70. The first-order chi connectivity index (χ1) is 14.6. The Bertz CT molecular complexity index is 1180. The summed E-state index contributed by atoms with van der Waals surface area (Å²) in [5.41, 5.74) is 1.93. The van der Waals surface area contributed by atoms with Gasteiger partial charge in [0.1, 0.15) is 17.1 Å². The van der Waals surface area contributed by atoms with Crippen molar-refractivity contribution in [2.45, 2.75) is 25.4 Å². The van der Waals surface area contributed by atoms with Gasteiger partial charge in [-0.1, -0.05) is 17.3 Å². The van der Waals surface area contributed by atoms with Gasteiger partial charge in [-0.2, -0.15) is 0 Å². The molecule has 9 heteroatoms. The summed E-state index contributed by atoms with van der Waals surface area (Å²) >= 11 is 0. The maximum Gasteiger partial charge on any atom is 0.263 e. The molecule has 7 nitrogen and oxygen atoms in total. The largest absolute Gasteiger partial charge is 0.359 e. The predicted molar refractivity (Wildman–Crippen MR) is 115 cm³/mol. The van der Waals surface area contributed by atoms with Gasteiger partial charge in [-0.05, 0) is 43.1 Å². The van der Waals surface area contributed by atoms with Gasteiger partial charge in [0.15, 0.2) is 5.76 Å². The summed E-state index contributed by atoms with van der Waals surface area (Å²) < 4.78 is 20.4. The second-order valence-corrected chi connectivity index (χ2v) is 7.92. The standard InChI is InChI=1S/C22H21FN4O3.ClH/c23-16-3-1-2-14(7-16)19-8-17(30-26-19)11-25-21(28)18-4-5-20-15-6-13(9-24-10-15)12-27(20)22(18)29;/h1-5,7-8,13,15,24H,6,9-12H2,(H,25,28);1H/t13-,15+;/m0./s1. The van der Waals surface area contributed by atoms with Gasteiger partial charge in [-0.15, -0.1) is 12.4 Å². The van der Waals surface area contributed by atoms with E-state index in [1.165, 1.54) is 12.1 Å². The maximum absolute atomic E-state index is 13.4. The third kappa shape index (κ3) is 4.13. The first-order valence-electron chi connectivity index (χ1n) is 10.0. The molecule has 2 atom stereocenters. The highest BCUT2D eigenvalue weighted by Crippen LogP contribution is 2.31. The molecule has 2 aliphatic rings. The molecule has 5 rings (SSSR count).